The minimum absolute atomic E-state index is 0.208. The van der Waals surface area contributed by atoms with Gasteiger partial charge in [-0.15, -0.1) is 0 Å². The van der Waals surface area contributed by atoms with Crippen LogP contribution in [0.15, 0.2) is 0 Å². The van der Waals surface area contributed by atoms with E-state index < -0.39 is 0 Å². The molecule has 1 aromatic heterocycles. The highest BCUT2D eigenvalue weighted by atomic mass is 35.5. The predicted molar refractivity (Wildman–Crippen MR) is 62.5 cm³/mol. The Balaban J connectivity index is 2.88. The maximum Gasteiger partial charge on any atom is 0.231 e. The fourth-order valence-electron chi connectivity index (χ4n) is 1.25. The SMILES string of the molecule is CNc1nc(Cl)nc(N(C)CC(C)C)n1. The summed E-state index contributed by atoms with van der Waals surface area (Å²) in [4.78, 5) is 14.2. The molecule has 6 heteroatoms. The van der Waals surface area contributed by atoms with Gasteiger partial charge in [-0.1, -0.05) is 13.8 Å². The zero-order valence-electron chi connectivity index (χ0n) is 9.45. The molecule has 0 saturated carbocycles. The van der Waals surface area contributed by atoms with E-state index in [9.17, 15) is 0 Å². The topological polar surface area (TPSA) is 53.9 Å². The molecule has 1 heterocycles. The average Bonchev–Trinajstić information content (AvgIpc) is 2.15. The minimum atomic E-state index is 0.208. The fraction of sp³-hybridized carbons (Fsp3) is 0.667. The normalized spacial score (nSPS) is 10.5. The van der Waals surface area contributed by atoms with Crippen molar-refractivity contribution in [3.05, 3.63) is 5.28 Å². The Bertz CT molecular complexity index is 328. The second-order valence-corrected chi connectivity index (χ2v) is 4.09. The van der Waals surface area contributed by atoms with Crippen LogP contribution in [0.1, 0.15) is 13.8 Å². The maximum atomic E-state index is 5.78. The summed E-state index contributed by atoms with van der Waals surface area (Å²) in [6.45, 7) is 5.15. The summed E-state index contributed by atoms with van der Waals surface area (Å²) in [7, 11) is 3.68. The van der Waals surface area contributed by atoms with Crippen LogP contribution in [0.4, 0.5) is 11.9 Å². The zero-order valence-corrected chi connectivity index (χ0v) is 10.2. The molecule has 0 aromatic carbocycles. The molecule has 0 spiro atoms. The van der Waals surface area contributed by atoms with Crippen LogP contribution in [0.2, 0.25) is 5.28 Å². The summed E-state index contributed by atoms with van der Waals surface area (Å²) < 4.78 is 0. The highest BCUT2D eigenvalue weighted by Crippen LogP contribution is 2.13. The van der Waals surface area contributed by atoms with E-state index in [-0.39, 0.29) is 5.28 Å². The zero-order chi connectivity index (χ0) is 11.4. The van der Waals surface area contributed by atoms with E-state index in [0.29, 0.717) is 17.8 Å². The van der Waals surface area contributed by atoms with Gasteiger partial charge < -0.3 is 10.2 Å². The number of aromatic nitrogens is 3. The lowest BCUT2D eigenvalue weighted by molar-refractivity contribution is 0.629. The van der Waals surface area contributed by atoms with E-state index in [1.807, 2.05) is 11.9 Å². The van der Waals surface area contributed by atoms with Gasteiger partial charge in [0.1, 0.15) is 0 Å². The van der Waals surface area contributed by atoms with Gasteiger partial charge in [-0.05, 0) is 17.5 Å². The van der Waals surface area contributed by atoms with Gasteiger partial charge in [-0.25, -0.2) is 0 Å². The molecular weight excluding hydrogens is 214 g/mol. The van der Waals surface area contributed by atoms with Crippen LogP contribution in [0, 0.1) is 5.92 Å². The molecule has 1 N–H and O–H groups in total. The first-order valence-electron chi connectivity index (χ1n) is 4.83. The first-order valence-corrected chi connectivity index (χ1v) is 5.21. The van der Waals surface area contributed by atoms with Crippen LogP contribution >= 0.6 is 11.6 Å². The Kier molecular flexibility index (Phi) is 4.08. The number of rotatable bonds is 4. The molecule has 0 unspecified atom stereocenters. The Morgan fingerprint density at radius 3 is 2.53 bits per heavy atom. The Hall–Kier alpha value is -1.10. The van der Waals surface area contributed by atoms with Crippen LogP contribution in [-0.2, 0) is 0 Å². The van der Waals surface area contributed by atoms with E-state index in [1.165, 1.54) is 0 Å². The monoisotopic (exact) mass is 229 g/mol. The molecule has 1 aromatic rings. The Morgan fingerprint density at radius 1 is 1.33 bits per heavy atom. The van der Waals surface area contributed by atoms with Crippen molar-refractivity contribution < 1.29 is 0 Å². The van der Waals surface area contributed by atoms with Crippen molar-refractivity contribution in [3.63, 3.8) is 0 Å². The van der Waals surface area contributed by atoms with Crippen LogP contribution in [0.3, 0.4) is 0 Å². The molecule has 0 aliphatic carbocycles. The Labute approximate surface area is 94.9 Å². The Morgan fingerprint density at radius 2 is 2.00 bits per heavy atom. The summed E-state index contributed by atoms with van der Waals surface area (Å²) in [5.74, 6) is 1.62. The number of hydrogen-bond acceptors (Lipinski definition) is 5. The molecule has 0 saturated heterocycles. The standard InChI is InChI=1S/C9H16ClN5/c1-6(2)5-15(4)9-13-7(10)12-8(11-3)14-9/h6H,5H2,1-4H3,(H,11,12,13,14). The number of nitrogens with zero attached hydrogens (tertiary/aromatic N) is 4. The quantitative estimate of drug-likeness (QED) is 0.851. The lowest BCUT2D eigenvalue weighted by Crippen LogP contribution is -2.25. The third kappa shape index (κ3) is 3.51. The molecular formula is C9H16ClN5. The second kappa shape index (κ2) is 5.11. The van der Waals surface area contributed by atoms with Crippen molar-refractivity contribution in [2.75, 3.05) is 30.9 Å². The molecule has 84 valence electrons. The average molecular weight is 230 g/mol. The van der Waals surface area contributed by atoms with E-state index in [2.05, 4.69) is 34.1 Å². The van der Waals surface area contributed by atoms with E-state index in [4.69, 9.17) is 11.6 Å². The molecule has 1 rings (SSSR count). The number of halogens is 1. The number of anilines is 2. The summed E-state index contributed by atoms with van der Waals surface area (Å²) in [6, 6.07) is 0. The molecule has 0 aliphatic heterocycles. The van der Waals surface area contributed by atoms with Gasteiger partial charge in [-0.2, -0.15) is 15.0 Å². The molecule has 5 nitrogen and oxygen atoms in total. The summed E-state index contributed by atoms with van der Waals surface area (Å²) in [5, 5.41) is 3.05. The summed E-state index contributed by atoms with van der Waals surface area (Å²) in [5.41, 5.74) is 0. The molecule has 0 aliphatic rings. The smallest absolute Gasteiger partial charge is 0.231 e. The van der Waals surface area contributed by atoms with Crippen molar-refractivity contribution in [2.24, 2.45) is 5.92 Å². The maximum absolute atomic E-state index is 5.78. The van der Waals surface area contributed by atoms with Gasteiger partial charge in [0.2, 0.25) is 17.2 Å². The molecule has 15 heavy (non-hydrogen) atoms. The summed E-state index contributed by atoms with van der Waals surface area (Å²) >= 11 is 5.78. The fourth-order valence-corrected chi connectivity index (χ4v) is 1.41. The van der Waals surface area contributed by atoms with Gasteiger partial charge in [0.25, 0.3) is 0 Å². The molecule has 0 fully saturated rings. The highest BCUT2D eigenvalue weighted by molar-refractivity contribution is 6.28. The van der Waals surface area contributed by atoms with Crippen LogP contribution in [-0.4, -0.2) is 35.6 Å². The molecule has 0 bridgehead atoms. The number of nitrogens with one attached hydrogen (secondary N) is 1. The molecule has 0 radical (unpaired) electrons. The first kappa shape index (κ1) is 12.0. The first-order chi connectivity index (χ1) is 7.02. The second-order valence-electron chi connectivity index (χ2n) is 3.75. The largest absolute Gasteiger partial charge is 0.357 e. The predicted octanol–water partition coefficient (Wildman–Crippen LogP) is 1.66. The lowest BCUT2D eigenvalue weighted by atomic mass is 10.2. The van der Waals surface area contributed by atoms with Crippen LogP contribution in [0.5, 0.6) is 0 Å². The van der Waals surface area contributed by atoms with Gasteiger partial charge in [0, 0.05) is 20.6 Å². The van der Waals surface area contributed by atoms with Crippen molar-refractivity contribution in [1.82, 2.24) is 15.0 Å². The lowest BCUT2D eigenvalue weighted by Gasteiger charge is -2.19. The minimum Gasteiger partial charge on any atom is -0.357 e. The van der Waals surface area contributed by atoms with Gasteiger partial charge in [0.15, 0.2) is 0 Å². The van der Waals surface area contributed by atoms with Gasteiger partial charge in [-0.3, -0.25) is 0 Å². The third-order valence-corrected chi connectivity index (χ3v) is 1.97. The van der Waals surface area contributed by atoms with E-state index >= 15 is 0 Å². The van der Waals surface area contributed by atoms with Crippen molar-refractivity contribution in [3.8, 4) is 0 Å². The van der Waals surface area contributed by atoms with Gasteiger partial charge in [0.05, 0.1) is 0 Å². The highest BCUT2D eigenvalue weighted by Gasteiger charge is 2.09. The number of hydrogen-bond donors (Lipinski definition) is 1. The van der Waals surface area contributed by atoms with E-state index in [1.54, 1.807) is 7.05 Å². The van der Waals surface area contributed by atoms with Crippen molar-refractivity contribution in [1.29, 1.82) is 0 Å². The van der Waals surface area contributed by atoms with E-state index in [0.717, 1.165) is 6.54 Å². The van der Waals surface area contributed by atoms with Crippen molar-refractivity contribution >= 4 is 23.5 Å². The van der Waals surface area contributed by atoms with Crippen molar-refractivity contribution in [2.45, 2.75) is 13.8 Å². The molecule has 0 amide bonds. The van der Waals surface area contributed by atoms with Gasteiger partial charge >= 0.3 is 0 Å². The molecule has 0 atom stereocenters. The van der Waals surface area contributed by atoms with Crippen LogP contribution < -0.4 is 10.2 Å². The summed E-state index contributed by atoms with van der Waals surface area (Å²) in [6.07, 6.45) is 0. The van der Waals surface area contributed by atoms with Crippen LogP contribution in [0.25, 0.3) is 0 Å². The third-order valence-electron chi connectivity index (χ3n) is 1.80.